The normalized spacial score (nSPS) is 10.7. The maximum atomic E-state index is 11.8. The predicted octanol–water partition coefficient (Wildman–Crippen LogP) is 3.25. The summed E-state index contributed by atoms with van der Waals surface area (Å²) in [5, 5.41) is 19.5. The second-order valence-electron chi connectivity index (χ2n) is 6.11. The van der Waals surface area contributed by atoms with Crippen LogP contribution in [-0.2, 0) is 4.79 Å². The molecule has 6 heteroatoms. The van der Waals surface area contributed by atoms with E-state index in [4.69, 9.17) is 11.5 Å². The van der Waals surface area contributed by atoms with E-state index in [1.54, 1.807) is 42.5 Å². The smallest absolute Gasteiger partial charge is 0.272 e. The molecule has 1 amide bonds. The number of benzene rings is 3. The molecule has 0 aliphatic carbocycles. The topological polar surface area (TPSA) is 122 Å². The van der Waals surface area contributed by atoms with E-state index in [-0.39, 0.29) is 17.5 Å². The Kier molecular flexibility index (Phi) is 5.41. The van der Waals surface area contributed by atoms with Crippen LogP contribution in [-0.4, -0.2) is 22.1 Å². The van der Waals surface area contributed by atoms with Crippen molar-refractivity contribution in [3.05, 3.63) is 78.4 Å². The van der Waals surface area contributed by atoms with Gasteiger partial charge in [0.15, 0.2) is 5.96 Å². The van der Waals surface area contributed by atoms with Gasteiger partial charge in [0.05, 0.1) is 0 Å². The lowest BCUT2D eigenvalue weighted by Crippen LogP contribution is -2.23. The molecule has 0 aromatic heterocycles. The monoisotopic (exact) mass is 373 g/mol. The largest absolute Gasteiger partial charge is 0.508 e. The first-order valence-corrected chi connectivity index (χ1v) is 8.47. The number of hydrogen-bond acceptors (Lipinski definition) is 3. The Morgan fingerprint density at radius 3 is 2.07 bits per heavy atom. The Hall–Kier alpha value is -4.06. The average molecular weight is 373 g/mol. The molecule has 0 fully saturated rings. The van der Waals surface area contributed by atoms with Crippen LogP contribution in [0, 0.1) is 0 Å². The zero-order chi connectivity index (χ0) is 20.1. The van der Waals surface area contributed by atoms with Gasteiger partial charge in [-0.05, 0) is 64.2 Å². The highest BCUT2D eigenvalue weighted by atomic mass is 16.3. The lowest BCUT2D eigenvalue weighted by molar-refractivity contribution is -0.113. The molecule has 0 bridgehead atoms. The van der Waals surface area contributed by atoms with Crippen molar-refractivity contribution in [2.75, 3.05) is 0 Å². The van der Waals surface area contributed by atoms with E-state index in [0.717, 1.165) is 27.8 Å². The van der Waals surface area contributed by atoms with Gasteiger partial charge < -0.3 is 21.7 Å². The van der Waals surface area contributed by atoms with Gasteiger partial charge in [-0.25, -0.2) is 0 Å². The molecule has 140 valence electrons. The number of phenolic OH excluding ortho intramolecular Hbond substituents is 2. The van der Waals surface area contributed by atoms with Crippen molar-refractivity contribution in [3.8, 4) is 33.8 Å². The Morgan fingerprint density at radius 1 is 0.821 bits per heavy atom. The third-order valence-electron chi connectivity index (χ3n) is 4.03. The van der Waals surface area contributed by atoms with Gasteiger partial charge in [0.1, 0.15) is 11.5 Å². The fourth-order valence-corrected chi connectivity index (χ4v) is 2.83. The van der Waals surface area contributed by atoms with E-state index in [2.05, 4.69) is 4.99 Å². The number of carbonyl (C=O) groups excluding carboxylic acids is 1. The Labute approximate surface area is 162 Å². The average Bonchev–Trinajstić information content (AvgIpc) is 2.65. The second kappa shape index (κ2) is 8.09. The number of nitrogens with zero attached hydrogens (tertiary/aromatic N) is 1. The number of amides is 1. The van der Waals surface area contributed by atoms with Crippen LogP contribution in [0.1, 0.15) is 5.56 Å². The van der Waals surface area contributed by atoms with Gasteiger partial charge in [-0.15, -0.1) is 0 Å². The van der Waals surface area contributed by atoms with Crippen molar-refractivity contribution >= 4 is 17.9 Å². The molecule has 0 atom stereocenters. The van der Waals surface area contributed by atoms with Crippen molar-refractivity contribution in [2.45, 2.75) is 0 Å². The Morgan fingerprint density at radius 2 is 1.43 bits per heavy atom. The first kappa shape index (κ1) is 18.7. The molecular weight excluding hydrogens is 354 g/mol. The SMILES string of the molecule is NC(N)=NC(=O)C=Cc1cc(-c2cccc(O)c2)ccc1-c1cccc(O)c1. The van der Waals surface area contributed by atoms with E-state index in [0.29, 0.717) is 0 Å². The number of phenols is 2. The summed E-state index contributed by atoms with van der Waals surface area (Å²) in [6.07, 6.45) is 2.88. The van der Waals surface area contributed by atoms with Crippen LogP contribution in [0.2, 0.25) is 0 Å². The Balaban J connectivity index is 2.10. The fraction of sp³-hybridized carbons (Fsp3) is 0. The molecule has 0 aliphatic rings. The van der Waals surface area contributed by atoms with Crippen molar-refractivity contribution in [1.82, 2.24) is 0 Å². The summed E-state index contributed by atoms with van der Waals surface area (Å²) >= 11 is 0. The number of carbonyl (C=O) groups is 1. The maximum Gasteiger partial charge on any atom is 0.272 e. The van der Waals surface area contributed by atoms with E-state index in [9.17, 15) is 15.0 Å². The lowest BCUT2D eigenvalue weighted by atomic mass is 9.94. The minimum absolute atomic E-state index is 0.140. The van der Waals surface area contributed by atoms with Crippen LogP contribution in [0.4, 0.5) is 0 Å². The molecule has 28 heavy (non-hydrogen) atoms. The number of guanidine groups is 1. The first-order valence-electron chi connectivity index (χ1n) is 8.47. The molecule has 6 N–H and O–H groups in total. The van der Waals surface area contributed by atoms with Crippen molar-refractivity contribution < 1.29 is 15.0 Å². The molecule has 0 unspecified atom stereocenters. The third kappa shape index (κ3) is 4.56. The molecule has 3 rings (SSSR count). The van der Waals surface area contributed by atoms with Gasteiger partial charge in [0.25, 0.3) is 5.91 Å². The molecule has 0 heterocycles. The molecule has 0 spiro atoms. The molecule has 0 aliphatic heterocycles. The second-order valence-corrected chi connectivity index (χ2v) is 6.11. The fourth-order valence-electron chi connectivity index (χ4n) is 2.83. The number of nitrogens with two attached hydrogens (primary N) is 2. The van der Waals surface area contributed by atoms with E-state index in [1.807, 2.05) is 30.3 Å². The maximum absolute atomic E-state index is 11.8. The van der Waals surface area contributed by atoms with Crippen LogP contribution < -0.4 is 11.5 Å². The summed E-state index contributed by atoms with van der Waals surface area (Å²) in [5.74, 6) is -0.586. The minimum Gasteiger partial charge on any atom is -0.508 e. The van der Waals surface area contributed by atoms with Gasteiger partial charge in [0, 0.05) is 6.08 Å². The highest BCUT2D eigenvalue weighted by molar-refractivity contribution is 6.00. The van der Waals surface area contributed by atoms with Crippen molar-refractivity contribution in [3.63, 3.8) is 0 Å². The molecule has 0 saturated carbocycles. The van der Waals surface area contributed by atoms with Crippen molar-refractivity contribution in [1.29, 1.82) is 0 Å². The van der Waals surface area contributed by atoms with Crippen LogP contribution in [0.3, 0.4) is 0 Å². The van der Waals surface area contributed by atoms with Crippen LogP contribution in [0.15, 0.2) is 77.8 Å². The number of hydrogen-bond donors (Lipinski definition) is 4. The van der Waals surface area contributed by atoms with Gasteiger partial charge >= 0.3 is 0 Å². The number of aliphatic imine (C=N–C) groups is 1. The summed E-state index contributed by atoms with van der Waals surface area (Å²) in [4.78, 5) is 15.3. The van der Waals surface area contributed by atoms with E-state index < -0.39 is 5.91 Å². The van der Waals surface area contributed by atoms with Crippen LogP contribution in [0.5, 0.6) is 11.5 Å². The summed E-state index contributed by atoms with van der Waals surface area (Å²) < 4.78 is 0. The highest BCUT2D eigenvalue weighted by Gasteiger charge is 2.08. The zero-order valence-electron chi connectivity index (χ0n) is 14.9. The molecule has 6 nitrogen and oxygen atoms in total. The zero-order valence-corrected chi connectivity index (χ0v) is 14.9. The van der Waals surface area contributed by atoms with Crippen LogP contribution >= 0.6 is 0 Å². The van der Waals surface area contributed by atoms with Gasteiger partial charge in [-0.2, -0.15) is 4.99 Å². The summed E-state index contributed by atoms with van der Waals surface area (Å²) in [5.41, 5.74) is 14.5. The first-order chi connectivity index (χ1) is 13.4. The van der Waals surface area contributed by atoms with Crippen molar-refractivity contribution in [2.24, 2.45) is 16.5 Å². The summed E-state index contributed by atoms with van der Waals surface area (Å²) in [7, 11) is 0. The number of aromatic hydroxyl groups is 2. The molecular formula is C22H19N3O3. The summed E-state index contributed by atoms with van der Waals surface area (Å²) in [6.45, 7) is 0. The molecule has 0 saturated heterocycles. The standard InChI is InChI=1S/C22H19N3O3/c23-22(24)25-21(28)10-8-17-11-15(14-3-1-5-18(26)12-14)7-9-20(17)16-4-2-6-19(27)13-16/h1-13,26-27H,(H4,23,24,25,28). The Bertz CT molecular complexity index is 1080. The van der Waals surface area contributed by atoms with E-state index >= 15 is 0 Å². The molecule has 0 radical (unpaired) electrons. The lowest BCUT2D eigenvalue weighted by Gasteiger charge is -2.11. The van der Waals surface area contributed by atoms with Gasteiger partial charge in [-0.1, -0.05) is 36.4 Å². The summed E-state index contributed by atoms with van der Waals surface area (Å²) in [6, 6.07) is 19.4. The third-order valence-corrected chi connectivity index (χ3v) is 4.03. The molecule has 3 aromatic rings. The van der Waals surface area contributed by atoms with Gasteiger partial charge in [0.2, 0.25) is 0 Å². The van der Waals surface area contributed by atoms with Gasteiger partial charge in [-0.3, -0.25) is 4.79 Å². The number of rotatable bonds is 4. The quantitative estimate of drug-likeness (QED) is 0.318. The minimum atomic E-state index is -0.579. The predicted molar refractivity (Wildman–Crippen MR) is 110 cm³/mol. The highest BCUT2D eigenvalue weighted by Crippen LogP contribution is 2.32. The van der Waals surface area contributed by atoms with Crippen LogP contribution in [0.25, 0.3) is 28.3 Å². The van der Waals surface area contributed by atoms with E-state index in [1.165, 1.54) is 6.08 Å². The molecule has 3 aromatic carbocycles.